The van der Waals surface area contributed by atoms with Crippen LogP contribution in [0.2, 0.25) is 0 Å². The van der Waals surface area contributed by atoms with Gasteiger partial charge in [0.1, 0.15) is 0 Å². The zero-order valence-electron chi connectivity index (χ0n) is 9.02. The topological polar surface area (TPSA) is 50.3 Å². The summed E-state index contributed by atoms with van der Waals surface area (Å²) in [4.78, 5) is 19.5. The maximum atomic E-state index is 9.62. The van der Waals surface area contributed by atoms with E-state index in [0.29, 0.717) is 0 Å². The number of rotatable bonds is 0. The Morgan fingerprint density at radius 1 is 0.824 bits per heavy atom. The van der Waals surface area contributed by atoms with Gasteiger partial charge in [0, 0.05) is 0 Å². The molecule has 17 heavy (non-hydrogen) atoms. The lowest BCUT2D eigenvalue weighted by atomic mass is 10.4. The minimum atomic E-state index is -2.17. The number of alkyl halides is 3. The minimum Gasteiger partial charge on any atom is -0.478 e. The van der Waals surface area contributed by atoms with Crippen LogP contribution in [-0.2, 0) is 4.79 Å². The second-order valence-electron chi connectivity index (χ2n) is 4.33. The molecule has 0 atom stereocenters. The maximum Gasteiger partial charge on any atom is 0.356 e. The number of halogens is 3. The standard InChI is InChI=1S/C6H12N4.C2HCl3O2/c1-7-2-9-4-8(1)5-10(3-7)6-9;3-2(4,5)1(6)7/h1-6H2;(H,6,7). The molecule has 4 fully saturated rings. The van der Waals surface area contributed by atoms with Crippen LogP contribution in [0.25, 0.3) is 0 Å². The highest BCUT2D eigenvalue weighted by Gasteiger charge is 2.36. The number of hydrogen-bond acceptors (Lipinski definition) is 5. The van der Waals surface area contributed by atoms with Gasteiger partial charge in [0.15, 0.2) is 0 Å². The molecule has 98 valence electrons. The highest BCUT2D eigenvalue weighted by Crippen LogP contribution is 2.25. The number of aliphatic carboxylic acids is 1. The van der Waals surface area contributed by atoms with Crippen molar-refractivity contribution in [1.82, 2.24) is 19.6 Å². The van der Waals surface area contributed by atoms with Gasteiger partial charge in [-0.15, -0.1) is 0 Å². The van der Waals surface area contributed by atoms with E-state index in [1.54, 1.807) is 0 Å². The normalized spacial score (nSPS) is 38.5. The van der Waals surface area contributed by atoms with E-state index in [4.69, 9.17) is 39.9 Å². The fraction of sp³-hybridized carbons (Fsp3) is 0.875. The number of carboxylic acids is 1. The molecular formula is C8H13Cl3N4O2. The van der Waals surface area contributed by atoms with Crippen LogP contribution in [0.3, 0.4) is 0 Å². The fourth-order valence-corrected chi connectivity index (χ4v) is 2.23. The molecule has 0 radical (unpaired) electrons. The predicted octanol–water partition coefficient (Wildman–Crippen LogP) is 0.421. The summed E-state index contributed by atoms with van der Waals surface area (Å²) in [5, 5.41) is 7.85. The first kappa shape index (κ1) is 13.6. The summed E-state index contributed by atoms with van der Waals surface area (Å²) in [6, 6.07) is 0. The summed E-state index contributed by atoms with van der Waals surface area (Å²) in [7, 11) is 0. The van der Waals surface area contributed by atoms with Crippen molar-refractivity contribution in [3.05, 3.63) is 0 Å². The van der Waals surface area contributed by atoms with Gasteiger partial charge in [-0.2, -0.15) is 0 Å². The molecule has 0 saturated carbocycles. The van der Waals surface area contributed by atoms with Gasteiger partial charge < -0.3 is 5.11 Å². The van der Waals surface area contributed by atoms with Crippen molar-refractivity contribution in [3.8, 4) is 0 Å². The van der Waals surface area contributed by atoms with Crippen molar-refractivity contribution < 1.29 is 9.90 Å². The summed E-state index contributed by atoms with van der Waals surface area (Å²) >= 11 is 14.4. The summed E-state index contributed by atoms with van der Waals surface area (Å²) < 4.78 is -2.17. The summed E-state index contributed by atoms with van der Waals surface area (Å²) in [5.41, 5.74) is 0. The van der Waals surface area contributed by atoms with Crippen LogP contribution in [0.15, 0.2) is 0 Å². The zero-order valence-corrected chi connectivity index (χ0v) is 11.3. The highest BCUT2D eigenvalue weighted by atomic mass is 35.6. The molecule has 0 aliphatic carbocycles. The predicted molar refractivity (Wildman–Crippen MR) is 64.5 cm³/mol. The summed E-state index contributed by atoms with van der Waals surface area (Å²) in [5.74, 6) is -1.46. The highest BCUT2D eigenvalue weighted by molar-refractivity contribution is 6.75. The Kier molecular flexibility index (Phi) is 4.04. The average Bonchev–Trinajstić information content (AvgIpc) is 2.14. The Morgan fingerprint density at radius 2 is 1.00 bits per heavy atom. The number of nitrogens with zero attached hydrogens (tertiary/aromatic N) is 4. The Bertz CT molecular complexity index is 253. The molecule has 4 rings (SSSR count). The smallest absolute Gasteiger partial charge is 0.356 e. The van der Waals surface area contributed by atoms with E-state index < -0.39 is 9.76 Å². The quantitative estimate of drug-likeness (QED) is 0.655. The third kappa shape index (κ3) is 3.57. The van der Waals surface area contributed by atoms with Crippen LogP contribution in [0, 0.1) is 0 Å². The summed E-state index contributed by atoms with van der Waals surface area (Å²) in [6.07, 6.45) is 0. The molecule has 4 bridgehead atoms. The number of carbonyl (C=O) groups is 1. The average molecular weight is 304 g/mol. The van der Waals surface area contributed by atoms with Crippen molar-refractivity contribution in [3.63, 3.8) is 0 Å². The van der Waals surface area contributed by atoms with Crippen molar-refractivity contribution in [2.45, 2.75) is 3.79 Å². The van der Waals surface area contributed by atoms with E-state index in [9.17, 15) is 4.79 Å². The largest absolute Gasteiger partial charge is 0.478 e. The van der Waals surface area contributed by atoms with Gasteiger partial charge in [-0.1, -0.05) is 34.8 Å². The second kappa shape index (κ2) is 5.05. The molecule has 0 amide bonds. The van der Waals surface area contributed by atoms with Crippen molar-refractivity contribution in [1.29, 1.82) is 0 Å². The summed E-state index contributed by atoms with van der Waals surface area (Å²) in [6.45, 7) is 7.12. The van der Waals surface area contributed by atoms with Crippen LogP contribution < -0.4 is 0 Å². The lowest BCUT2D eigenvalue weighted by Gasteiger charge is -2.56. The molecule has 0 aromatic carbocycles. The number of hydrogen-bond donors (Lipinski definition) is 1. The van der Waals surface area contributed by atoms with Gasteiger partial charge in [-0.05, 0) is 0 Å². The molecular weight excluding hydrogens is 290 g/mol. The molecule has 0 spiro atoms. The van der Waals surface area contributed by atoms with Gasteiger partial charge in [-0.25, -0.2) is 4.79 Å². The van der Waals surface area contributed by atoms with E-state index in [-0.39, 0.29) is 0 Å². The Morgan fingerprint density at radius 3 is 1.12 bits per heavy atom. The molecule has 4 saturated heterocycles. The van der Waals surface area contributed by atoms with Crippen molar-refractivity contribution in [2.24, 2.45) is 0 Å². The lowest BCUT2D eigenvalue weighted by Crippen LogP contribution is -2.71. The number of carboxylic acid groups (broad SMARTS) is 1. The second-order valence-corrected chi connectivity index (χ2v) is 6.62. The molecule has 6 nitrogen and oxygen atoms in total. The van der Waals surface area contributed by atoms with Gasteiger partial charge in [0.2, 0.25) is 0 Å². The van der Waals surface area contributed by atoms with E-state index in [1.165, 1.54) is 40.0 Å². The Balaban J connectivity index is 0.000000139. The van der Waals surface area contributed by atoms with Crippen LogP contribution in [-0.4, -0.2) is 74.5 Å². The molecule has 0 aromatic heterocycles. The third-order valence-electron chi connectivity index (χ3n) is 2.64. The Labute approximate surface area is 114 Å². The zero-order chi connectivity index (χ0) is 12.6. The van der Waals surface area contributed by atoms with E-state index in [2.05, 4.69) is 19.6 Å². The Hall–Kier alpha value is 0.180. The maximum absolute atomic E-state index is 9.62. The molecule has 4 aliphatic heterocycles. The third-order valence-corrected chi connectivity index (χ3v) is 3.13. The lowest BCUT2D eigenvalue weighted by molar-refractivity contribution is -0.194. The first-order valence-corrected chi connectivity index (χ1v) is 6.17. The molecule has 0 unspecified atom stereocenters. The van der Waals surface area contributed by atoms with Gasteiger partial charge in [-0.3, -0.25) is 19.6 Å². The SMILES string of the molecule is C1N2CN3CN1CN(C2)C3.O=C(O)C(Cl)(Cl)Cl. The monoisotopic (exact) mass is 302 g/mol. The van der Waals surface area contributed by atoms with Crippen molar-refractivity contribution >= 4 is 40.8 Å². The van der Waals surface area contributed by atoms with Crippen LogP contribution in [0.1, 0.15) is 0 Å². The van der Waals surface area contributed by atoms with E-state index in [0.717, 1.165) is 0 Å². The minimum absolute atomic E-state index is 1.19. The molecule has 9 heteroatoms. The van der Waals surface area contributed by atoms with Crippen LogP contribution in [0.4, 0.5) is 0 Å². The van der Waals surface area contributed by atoms with E-state index >= 15 is 0 Å². The van der Waals surface area contributed by atoms with E-state index in [1.807, 2.05) is 0 Å². The van der Waals surface area contributed by atoms with Crippen molar-refractivity contribution in [2.75, 3.05) is 40.0 Å². The fourth-order valence-electron chi connectivity index (χ4n) is 2.23. The van der Waals surface area contributed by atoms with Gasteiger partial charge in [0.05, 0.1) is 40.0 Å². The molecule has 1 N–H and O–H groups in total. The van der Waals surface area contributed by atoms with Crippen LogP contribution in [0.5, 0.6) is 0 Å². The first-order chi connectivity index (χ1) is 7.84. The molecule has 4 heterocycles. The molecule has 0 aromatic rings. The first-order valence-electron chi connectivity index (χ1n) is 5.04. The molecule has 4 aliphatic rings. The van der Waals surface area contributed by atoms with Crippen LogP contribution >= 0.6 is 34.8 Å². The van der Waals surface area contributed by atoms with Gasteiger partial charge >= 0.3 is 5.97 Å². The van der Waals surface area contributed by atoms with Gasteiger partial charge in [0.25, 0.3) is 3.79 Å².